The van der Waals surface area contributed by atoms with Gasteiger partial charge in [-0.05, 0) is 54.2 Å². The van der Waals surface area contributed by atoms with Crippen molar-refractivity contribution in [3.63, 3.8) is 0 Å². The van der Waals surface area contributed by atoms with Gasteiger partial charge in [0.05, 0.1) is 16.6 Å². The molecule has 0 radical (unpaired) electrons. The maximum absolute atomic E-state index is 6.02. The lowest BCUT2D eigenvalue weighted by molar-refractivity contribution is 0.687. The topological polar surface area (TPSA) is 54.8 Å². The molecule has 3 rings (SSSR count). The first-order valence-corrected chi connectivity index (χ1v) is 9.12. The zero-order valence-electron chi connectivity index (χ0n) is 12.7. The fourth-order valence-electron chi connectivity index (χ4n) is 2.05. The van der Waals surface area contributed by atoms with Crippen molar-refractivity contribution in [3.8, 4) is 0 Å². The summed E-state index contributed by atoms with van der Waals surface area (Å²) in [4.78, 5) is 4.19. The van der Waals surface area contributed by atoms with Crippen LogP contribution in [0.1, 0.15) is 5.56 Å². The van der Waals surface area contributed by atoms with E-state index < -0.39 is 0 Å². The average molecular weight is 457 g/mol. The van der Waals surface area contributed by atoms with Gasteiger partial charge in [0, 0.05) is 10.2 Å². The summed E-state index contributed by atoms with van der Waals surface area (Å²) in [6.45, 7) is 0.526. The van der Waals surface area contributed by atoms with E-state index in [2.05, 4.69) is 36.6 Å². The molecule has 1 aromatic heterocycles. The van der Waals surface area contributed by atoms with E-state index in [-0.39, 0.29) is 0 Å². The number of aromatic nitrogens is 3. The number of rotatable bonds is 4. The van der Waals surface area contributed by atoms with Crippen LogP contribution in [0.15, 0.2) is 53.3 Å². The van der Waals surface area contributed by atoms with Crippen LogP contribution in [0.4, 0.5) is 11.6 Å². The largest absolute Gasteiger partial charge is 0.332 e. The molecule has 2 aromatic carbocycles. The number of anilines is 2. The van der Waals surface area contributed by atoms with Crippen LogP contribution >= 0.6 is 51.3 Å². The summed E-state index contributed by atoms with van der Waals surface area (Å²) < 4.78 is 2.68. The van der Waals surface area contributed by atoms with Gasteiger partial charge in [-0.3, -0.25) is 5.32 Å². The Morgan fingerprint density at radius 1 is 1.08 bits per heavy atom. The third kappa shape index (κ3) is 5.15. The van der Waals surface area contributed by atoms with E-state index in [1.165, 1.54) is 0 Å². The van der Waals surface area contributed by atoms with Crippen LogP contribution in [0.5, 0.6) is 0 Å². The normalized spacial score (nSPS) is 10.5. The molecule has 0 saturated heterocycles. The van der Waals surface area contributed by atoms with Crippen molar-refractivity contribution in [1.29, 1.82) is 0 Å². The lowest BCUT2D eigenvalue weighted by atomic mass is 10.2. The van der Waals surface area contributed by atoms with Gasteiger partial charge in [-0.1, -0.05) is 45.2 Å². The van der Waals surface area contributed by atoms with E-state index in [1.807, 2.05) is 30.3 Å². The molecular weight excluding hydrogens is 445 g/mol. The highest BCUT2D eigenvalue weighted by Crippen LogP contribution is 2.23. The minimum absolute atomic E-state index is 0.412. The van der Waals surface area contributed by atoms with Crippen molar-refractivity contribution < 1.29 is 0 Å². The number of nitrogens with one attached hydrogen (secondary N) is 2. The van der Waals surface area contributed by atoms with E-state index in [9.17, 15) is 0 Å². The SMILES string of the molecule is S=C(Nc1ccc(Br)cc1)Nc1ncn(Cc2ccc(Cl)c(Cl)c2)n1. The number of hydrogen-bond donors (Lipinski definition) is 2. The number of thiocarbonyl (C=S) groups is 1. The third-order valence-electron chi connectivity index (χ3n) is 3.19. The van der Waals surface area contributed by atoms with Crippen LogP contribution in [0.25, 0.3) is 0 Å². The van der Waals surface area contributed by atoms with Gasteiger partial charge in [0.15, 0.2) is 5.11 Å². The fourth-order valence-corrected chi connectivity index (χ4v) is 2.84. The molecule has 0 bridgehead atoms. The van der Waals surface area contributed by atoms with Crippen LogP contribution in [0, 0.1) is 0 Å². The van der Waals surface area contributed by atoms with E-state index in [0.29, 0.717) is 27.7 Å². The molecule has 3 aromatic rings. The number of benzene rings is 2. The highest BCUT2D eigenvalue weighted by molar-refractivity contribution is 9.10. The molecule has 0 atom stereocenters. The summed E-state index contributed by atoms with van der Waals surface area (Å²) in [5, 5.41) is 11.8. The van der Waals surface area contributed by atoms with Gasteiger partial charge in [0.25, 0.3) is 0 Å². The lowest BCUT2D eigenvalue weighted by Crippen LogP contribution is -2.20. The maximum atomic E-state index is 6.02. The van der Waals surface area contributed by atoms with Gasteiger partial charge >= 0.3 is 0 Å². The Morgan fingerprint density at radius 2 is 1.84 bits per heavy atom. The third-order valence-corrected chi connectivity index (χ3v) is 4.66. The molecule has 0 aliphatic carbocycles. The summed E-state index contributed by atoms with van der Waals surface area (Å²) in [6.07, 6.45) is 1.62. The summed E-state index contributed by atoms with van der Waals surface area (Å²) in [5.74, 6) is 0.412. The Hall–Kier alpha value is -1.67. The summed E-state index contributed by atoms with van der Waals surface area (Å²) in [7, 11) is 0. The predicted octanol–water partition coefficient (Wildman–Crippen LogP) is 5.20. The zero-order chi connectivity index (χ0) is 17.8. The molecule has 0 fully saturated rings. The summed E-state index contributed by atoms with van der Waals surface area (Å²) in [5.41, 5.74) is 1.84. The van der Waals surface area contributed by atoms with Crippen LogP contribution in [0.2, 0.25) is 10.0 Å². The van der Waals surface area contributed by atoms with Crippen molar-refractivity contribution in [2.45, 2.75) is 6.54 Å². The van der Waals surface area contributed by atoms with Gasteiger partial charge in [-0.15, -0.1) is 5.10 Å². The second-order valence-electron chi connectivity index (χ2n) is 5.10. The molecule has 0 aliphatic rings. The Balaban J connectivity index is 1.60. The van der Waals surface area contributed by atoms with E-state index >= 15 is 0 Å². The molecule has 2 N–H and O–H groups in total. The molecule has 9 heteroatoms. The number of halogens is 3. The van der Waals surface area contributed by atoms with Gasteiger partial charge in [-0.25, -0.2) is 9.67 Å². The number of hydrogen-bond acceptors (Lipinski definition) is 3. The van der Waals surface area contributed by atoms with Crippen molar-refractivity contribution in [2.75, 3.05) is 10.6 Å². The predicted molar refractivity (Wildman–Crippen MR) is 110 cm³/mol. The molecule has 0 aliphatic heterocycles. The average Bonchev–Trinajstić information content (AvgIpc) is 3.00. The molecule has 1 heterocycles. The highest BCUT2D eigenvalue weighted by Gasteiger charge is 2.06. The molecule has 0 saturated carbocycles. The van der Waals surface area contributed by atoms with Crippen molar-refractivity contribution >= 4 is 68.1 Å². The van der Waals surface area contributed by atoms with Gasteiger partial charge in [0.2, 0.25) is 5.95 Å². The van der Waals surface area contributed by atoms with Gasteiger partial charge in [-0.2, -0.15) is 0 Å². The Labute approximate surface area is 168 Å². The minimum Gasteiger partial charge on any atom is -0.332 e. The van der Waals surface area contributed by atoms with Crippen LogP contribution in [0.3, 0.4) is 0 Å². The number of nitrogens with zero attached hydrogens (tertiary/aromatic N) is 3. The Bertz CT molecular complexity index is 898. The summed E-state index contributed by atoms with van der Waals surface area (Å²) in [6, 6.07) is 13.1. The fraction of sp³-hybridized carbons (Fsp3) is 0.0625. The quantitative estimate of drug-likeness (QED) is 0.528. The Kier molecular flexibility index (Phi) is 5.90. The van der Waals surface area contributed by atoms with Crippen LogP contribution in [-0.4, -0.2) is 19.9 Å². The Morgan fingerprint density at radius 3 is 2.56 bits per heavy atom. The van der Waals surface area contributed by atoms with Gasteiger partial charge in [0.1, 0.15) is 6.33 Å². The van der Waals surface area contributed by atoms with Crippen molar-refractivity contribution in [2.24, 2.45) is 0 Å². The maximum Gasteiger partial charge on any atom is 0.248 e. The van der Waals surface area contributed by atoms with Crippen LogP contribution < -0.4 is 10.6 Å². The molecule has 0 spiro atoms. The summed E-state index contributed by atoms with van der Waals surface area (Å²) >= 11 is 20.6. The highest BCUT2D eigenvalue weighted by atomic mass is 79.9. The molecular formula is C16H12BrCl2N5S. The second kappa shape index (κ2) is 8.14. The van der Waals surface area contributed by atoms with E-state index in [1.54, 1.807) is 23.1 Å². The first-order chi connectivity index (χ1) is 12.0. The molecule has 0 unspecified atom stereocenters. The minimum atomic E-state index is 0.412. The standard InChI is InChI=1S/C16H12BrCl2N5S/c17-11-2-4-12(5-3-11)21-16(25)22-15-20-9-24(23-15)8-10-1-6-13(18)14(19)7-10/h1-7,9H,8H2,(H2,21,22,23,25). The first-order valence-electron chi connectivity index (χ1n) is 7.16. The van der Waals surface area contributed by atoms with Gasteiger partial charge < -0.3 is 5.32 Å². The molecule has 0 amide bonds. The molecule has 128 valence electrons. The lowest BCUT2D eigenvalue weighted by Gasteiger charge is -2.07. The van der Waals surface area contributed by atoms with Crippen molar-refractivity contribution in [1.82, 2.24) is 14.8 Å². The molecule has 5 nitrogen and oxygen atoms in total. The monoisotopic (exact) mass is 455 g/mol. The zero-order valence-corrected chi connectivity index (χ0v) is 16.6. The van der Waals surface area contributed by atoms with Crippen molar-refractivity contribution in [3.05, 3.63) is 68.9 Å². The van der Waals surface area contributed by atoms with E-state index in [0.717, 1.165) is 15.7 Å². The second-order valence-corrected chi connectivity index (χ2v) is 7.24. The van der Waals surface area contributed by atoms with Crippen LogP contribution in [-0.2, 0) is 6.54 Å². The smallest absolute Gasteiger partial charge is 0.248 e. The molecule has 25 heavy (non-hydrogen) atoms. The van der Waals surface area contributed by atoms with E-state index in [4.69, 9.17) is 35.4 Å². The first kappa shape index (κ1) is 18.1.